The van der Waals surface area contributed by atoms with E-state index >= 15 is 0 Å². The molecular formula is C12H15F2N. The van der Waals surface area contributed by atoms with Gasteiger partial charge in [0.05, 0.1) is 5.69 Å². The second-order valence-corrected chi connectivity index (χ2v) is 4.35. The average Bonchev–Trinajstić information content (AvgIpc) is 2.95. The summed E-state index contributed by atoms with van der Waals surface area (Å²) >= 11 is 0. The van der Waals surface area contributed by atoms with E-state index in [-0.39, 0.29) is 17.5 Å². The molecule has 1 aromatic carbocycles. The lowest BCUT2D eigenvalue weighted by molar-refractivity contribution is 0.592. The number of halogens is 2. The van der Waals surface area contributed by atoms with Crippen LogP contribution in [0.4, 0.5) is 14.5 Å². The van der Waals surface area contributed by atoms with Crippen LogP contribution in [-0.4, -0.2) is 6.04 Å². The van der Waals surface area contributed by atoms with Crippen LogP contribution < -0.4 is 5.32 Å². The Labute approximate surface area is 88.5 Å². The highest BCUT2D eigenvalue weighted by atomic mass is 19.1. The molecule has 3 heteroatoms. The summed E-state index contributed by atoms with van der Waals surface area (Å²) in [7, 11) is 0. The zero-order valence-corrected chi connectivity index (χ0v) is 8.76. The smallest absolute Gasteiger partial charge is 0.146 e. The Bertz CT molecular complexity index is 347. The van der Waals surface area contributed by atoms with Gasteiger partial charge in [0.25, 0.3) is 0 Å². The third-order valence-electron chi connectivity index (χ3n) is 2.71. The summed E-state index contributed by atoms with van der Waals surface area (Å²) in [6.07, 6.45) is 3.59. The molecular weight excluding hydrogens is 196 g/mol. The first-order chi connectivity index (χ1) is 7.15. The maximum atomic E-state index is 13.3. The lowest BCUT2D eigenvalue weighted by atomic mass is 10.1. The first kappa shape index (κ1) is 10.4. The quantitative estimate of drug-likeness (QED) is 0.802. The fourth-order valence-electron chi connectivity index (χ4n) is 1.79. The topological polar surface area (TPSA) is 12.0 Å². The maximum absolute atomic E-state index is 13.3. The second kappa shape index (κ2) is 4.17. The van der Waals surface area contributed by atoms with Gasteiger partial charge in [-0.25, -0.2) is 8.78 Å². The van der Waals surface area contributed by atoms with Crippen molar-refractivity contribution in [2.45, 2.75) is 32.2 Å². The molecule has 1 atom stereocenters. The van der Waals surface area contributed by atoms with Crippen LogP contribution in [0.25, 0.3) is 0 Å². The Morgan fingerprint density at radius 2 is 2.13 bits per heavy atom. The fourth-order valence-corrected chi connectivity index (χ4v) is 1.79. The molecule has 0 spiro atoms. The van der Waals surface area contributed by atoms with Crippen molar-refractivity contribution < 1.29 is 8.78 Å². The number of anilines is 1. The molecule has 82 valence electrons. The number of hydrogen-bond donors (Lipinski definition) is 1. The summed E-state index contributed by atoms with van der Waals surface area (Å²) in [5, 5.41) is 3.01. The van der Waals surface area contributed by atoms with Crippen LogP contribution in [0.1, 0.15) is 26.2 Å². The molecule has 0 saturated heterocycles. The Kier molecular flexibility index (Phi) is 2.89. The molecule has 0 aromatic heterocycles. The summed E-state index contributed by atoms with van der Waals surface area (Å²) in [5.74, 6) is -0.0133. The van der Waals surface area contributed by atoms with Gasteiger partial charge in [-0.1, -0.05) is 12.8 Å². The van der Waals surface area contributed by atoms with Gasteiger partial charge >= 0.3 is 0 Å². The van der Waals surface area contributed by atoms with Gasteiger partial charge in [-0.05, 0) is 37.5 Å². The maximum Gasteiger partial charge on any atom is 0.146 e. The number of hydrogen-bond acceptors (Lipinski definition) is 1. The van der Waals surface area contributed by atoms with E-state index in [9.17, 15) is 8.78 Å². The van der Waals surface area contributed by atoms with Gasteiger partial charge in [0.15, 0.2) is 0 Å². The zero-order valence-electron chi connectivity index (χ0n) is 8.76. The molecule has 1 nitrogen and oxygen atoms in total. The van der Waals surface area contributed by atoms with Crippen LogP contribution in [0.3, 0.4) is 0 Å². The Balaban J connectivity index is 1.98. The van der Waals surface area contributed by atoms with E-state index < -0.39 is 5.82 Å². The summed E-state index contributed by atoms with van der Waals surface area (Å²) in [5.41, 5.74) is 0.267. The highest BCUT2D eigenvalue weighted by Crippen LogP contribution is 2.34. The third kappa shape index (κ3) is 2.91. The zero-order chi connectivity index (χ0) is 10.8. The number of nitrogens with one attached hydrogen (secondary N) is 1. The highest BCUT2D eigenvalue weighted by Gasteiger charge is 2.23. The van der Waals surface area contributed by atoms with Gasteiger partial charge in [-0.3, -0.25) is 0 Å². The molecule has 1 aromatic rings. The van der Waals surface area contributed by atoms with Crippen LogP contribution in [0, 0.1) is 17.6 Å². The lowest BCUT2D eigenvalue weighted by Gasteiger charge is -2.15. The monoisotopic (exact) mass is 211 g/mol. The van der Waals surface area contributed by atoms with Gasteiger partial charge in [0.2, 0.25) is 0 Å². The third-order valence-corrected chi connectivity index (χ3v) is 2.71. The largest absolute Gasteiger partial charge is 0.380 e. The van der Waals surface area contributed by atoms with Crippen molar-refractivity contribution in [3.8, 4) is 0 Å². The van der Waals surface area contributed by atoms with Gasteiger partial charge < -0.3 is 5.32 Å². The number of benzene rings is 1. The summed E-state index contributed by atoms with van der Waals surface area (Å²) in [4.78, 5) is 0. The molecule has 2 rings (SSSR count). The molecule has 0 radical (unpaired) electrons. The van der Waals surface area contributed by atoms with Crippen molar-refractivity contribution in [3.63, 3.8) is 0 Å². The van der Waals surface area contributed by atoms with Crippen LogP contribution in [-0.2, 0) is 0 Å². The molecule has 0 bridgehead atoms. The van der Waals surface area contributed by atoms with E-state index in [0.29, 0.717) is 0 Å². The van der Waals surface area contributed by atoms with E-state index in [1.54, 1.807) is 0 Å². The van der Waals surface area contributed by atoms with Crippen molar-refractivity contribution in [2.75, 3.05) is 5.32 Å². The molecule has 0 amide bonds. The lowest BCUT2D eigenvalue weighted by Crippen LogP contribution is -2.16. The van der Waals surface area contributed by atoms with Crippen LogP contribution in [0.5, 0.6) is 0 Å². The van der Waals surface area contributed by atoms with Gasteiger partial charge in [0.1, 0.15) is 11.6 Å². The molecule has 0 heterocycles. The van der Waals surface area contributed by atoms with Crippen LogP contribution in [0.15, 0.2) is 18.2 Å². The van der Waals surface area contributed by atoms with E-state index in [2.05, 4.69) is 5.32 Å². The Morgan fingerprint density at radius 1 is 1.40 bits per heavy atom. The minimum atomic E-state index is -0.405. The average molecular weight is 211 g/mol. The van der Waals surface area contributed by atoms with E-state index in [1.165, 1.54) is 18.9 Å². The standard InChI is InChI=1S/C12H15F2N/c1-8(6-9-2-3-9)15-12-7-10(13)4-5-11(12)14/h4-5,7-9,15H,2-3,6H2,1H3. The van der Waals surface area contributed by atoms with E-state index in [0.717, 1.165) is 24.5 Å². The molecule has 1 aliphatic rings. The molecule has 0 aliphatic heterocycles. The fraction of sp³-hybridized carbons (Fsp3) is 0.500. The van der Waals surface area contributed by atoms with Crippen molar-refractivity contribution in [1.29, 1.82) is 0 Å². The molecule has 1 unspecified atom stereocenters. The van der Waals surface area contributed by atoms with Gasteiger partial charge in [-0.15, -0.1) is 0 Å². The van der Waals surface area contributed by atoms with Gasteiger partial charge in [0, 0.05) is 6.04 Å². The van der Waals surface area contributed by atoms with Crippen molar-refractivity contribution in [1.82, 2.24) is 0 Å². The predicted octanol–water partition coefficient (Wildman–Crippen LogP) is 3.57. The molecule has 1 N–H and O–H groups in total. The molecule has 1 saturated carbocycles. The predicted molar refractivity (Wildman–Crippen MR) is 56.8 cm³/mol. The second-order valence-electron chi connectivity index (χ2n) is 4.35. The van der Waals surface area contributed by atoms with Gasteiger partial charge in [-0.2, -0.15) is 0 Å². The summed E-state index contributed by atoms with van der Waals surface area (Å²) in [6.45, 7) is 2.00. The first-order valence-corrected chi connectivity index (χ1v) is 5.37. The molecule has 15 heavy (non-hydrogen) atoms. The normalized spacial score (nSPS) is 17.5. The highest BCUT2D eigenvalue weighted by molar-refractivity contribution is 5.45. The van der Waals surface area contributed by atoms with Crippen LogP contribution >= 0.6 is 0 Å². The van der Waals surface area contributed by atoms with Crippen molar-refractivity contribution in [3.05, 3.63) is 29.8 Å². The Morgan fingerprint density at radius 3 is 2.80 bits per heavy atom. The minimum absolute atomic E-state index is 0.203. The minimum Gasteiger partial charge on any atom is -0.380 e. The number of rotatable bonds is 4. The summed E-state index contributed by atoms with van der Waals surface area (Å²) < 4.78 is 26.1. The Hall–Kier alpha value is -1.12. The first-order valence-electron chi connectivity index (χ1n) is 5.37. The van der Waals surface area contributed by atoms with E-state index in [4.69, 9.17) is 0 Å². The van der Waals surface area contributed by atoms with E-state index in [1.807, 2.05) is 6.92 Å². The van der Waals surface area contributed by atoms with Crippen molar-refractivity contribution >= 4 is 5.69 Å². The SMILES string of the molecule is CC(CC1CC1)Nc1cc(F)ccc1F. The van der Waals surface area contributed by atoms with Crippen molar-refractivity contribution in [2.24, 2.45) is 5.92 Å². The summed E-state index contributed by atoms with van der Waals surface area (Å²) in [6, 6.07) is 3.69. The molecule has 1 aliphatic carbocycles. The van der Waals surface area contributed by atoms with Crippen LogP contribution in [0.2, 0.25) is 0 Å². The molecule has 1 fully saturated rings.